The number of rotatable bonds is 4. The Labute approximate surface area is 85.9 Å². The van der Waals surface area contributed by atoms with Crippen LogP contribution in [0.25, 0.3) is 0 Å². The van der Waals surface area contributed by atoms with Gasteiger partial charge in [0, 0.05) is 11.0 Å². The Hall–Kier alpha value is 0.180. The minimum absolute atomic E-state index is 0.616. The largest absolute Gasteiger partial charge is 0.161 e. The standard InChI is InChI=1S/2C5H10S/c1-4-5(2)6-3;1-3-4-5-6-2/h4-5H,1H2,2-3H3;3-4H,5H2,1-2H3/b;4-3+. The van der Waals surface area contributed by atoms with Crippen LogP contribution in [-0.4, -0.2) is 23.5 Å². The fraction of sp³-hybridized carbons (Fsp3) is 0.600. The van der Waals surface area contributed by atoms with Gasteiger partial charge in [-0.15, -0.1) is 6.58 Å². The fourth-order valence-corrected chi connectivity index (χ4v) is 0.866. The van der Waals surface area contributed by atoms with Gasteiger partial charge in [0.05, 0.1) is 0 Å². The van der Waals surface area contributed by atoms with E-state index in [4.69, 9.17) is 0 Å². The summed E-state index contributed by atoms with van der Waals surface area (Å²) < 4.78 is 0. The summed E-state index contributed by atoms with van der Waals surface area (Å²) in [6, 6.07) is 0. The van der Waals surface area contributed by atoms with E-state index in [-0.39, 0.29) is 0 Å². The van der Waals surface area contributed by atoms with E-state index in [1.807, 2.05) is 24.8 Å². The van der Waals surface area contributed by atoms with Crippen molar-refractivity contribution in [1.82, 2.24) is 0 Å². The van der Waals surface area contributed by atoms with E-state index in [9.17, 15) is 0 Å². The van der Waals surface area contributed by atoms with E-state index in [1.165, 1.54) is 0 Å². The molecule has 2 heteroatoms. The molecule has 0 amide bonds. The van der Waals surface area contributed by atoms with Crippen molar-refractivity contribution in [2.24, 2.45) is 0 Å². The first kappa shape index (κ1) is 14.7. The molecule has 0 aromatic heterocycles. The maximum absolute atomic E-state index is 3.61. The molecule has 0 aliphatic rings. The highest BCUT2D eigenvalue weighted by molar-refractivity contribution is 7.99. The van der Waals surface area contributed by atoms with Crippen LogP contribution in [0.1, 0.15) is 13.8 Å². The van der Waals surface area contributed by atoms with E-state index >= 15 is 0 Å². The third kappa shape index (κ3) is 16.6. The zero-order valence-corrected chi connectivity index (χ0v) is 10.2. The molecular weight excluding hydrogens is 184 g/mol. The summed E-state index contributed by atoms with van der Waals surface area (Å²) in [5, 5.41) is 0.616. The minimum atomic E-state index is 0.616. The van der Waals surface area contributed by atoms with E-state index in [0.29, 0.717) is 5.25 Å². The summed E-state index contributed by atoms with van der Waals surface area (Å²) in [5.74, 6) is 1.15. The van der Waals surface area contributed by atoms with Gasteiger partial charge in [-0.1, -0.05) is 18.2 Å². The quantitative estimate of drug-likeness (QED) is 0.638. The molecule has 0 bridgehead atoms. The molecule has 1 atom stereocenters. The molecule has 72 valence electrons. The maximum atomic E-state index is 3.61. The smallest absolute Gasteiger partial charge is 0.0193 e. The van der Waals surface area contributed by atoms with Crippen LogP contribution in [0, 0.1) is 0 Å². The maximum Gasteiger partial charge on any atom is 0.0193 e. The van der Waals surface area contributed by atoms with E-state index in [1.54, 1.807) is 11.8 Å². The zero-order valence-electron chi connectivity index (χ0n) is 8.54. The van der Waals surface area contributed by atoms with Crippen LogP contribution < -0.4 is 0 Å². The van der Waals surface area contributed by atoms with Crippen molar-refractivity contribution >= 4 is 23.5 Å². The SMILES string of the molecule is C/C=C/CSC.C=CC(C)SC. The van der Waals surface area contributed by atoms with Crippen LogP contribution in [-0.2, 0) is 0 Å². The molecule has 0 rings (SSSR count). The van der Waals surface area contributed by atoms with E-state index in [2.05, 4.69) is 38.2 Å². The summed E-state index contributed by atoms with van der Waals surface area (Å²) in [5.41, 5.74) is 0. The normalized spacial score (nSPS) is 12.0. The monoisotopic (exact) mass is 204 g/mol. The summed E-state index contributed by atoms with van der Waals surface area (Å²) in [7, 11) is 0. The van der Waals surface area contributed by atoms with Crippen molar-refractivity contribution in [1.29, 1.82) is 0 Å². The predicted molar refractivity (Wildman–Crippen MR) is 66.4 cm³/mol. The second-order valence-electron chi connectivity index (χ2n) is 2.20. The van der Waals surface area contributed by atoms with Gasteiger partial charge in [0.15, 0.2) is 0 Å². The lowest BCUT2D eigenvalue weighted by Crippen LogP contribution is -1.83. The lowest BCUT2D eigenvalue weighted by atomic mass is 10.5. The summed E-state index contributed by atoms with van der Waals surface area (Å²) in [4.78, 5) is 0. The van der Waals surface area contributed by atoms with Crippen molar-refractivity contribution in [3.8, 4) is 0 Å². The van der Waals surface area contributed by atoms with Gasteiger partial charge in [0.25, 0.3) is 0 Å². The van der Waals surface area contributed by atoms with Crippen LogP contribution in [0.4, 0.5) is 0 Å². The fourth-order valence-electron chi connectivity index (χ4n) is 0.289. The highest BCUT2D eigenvalue weighted by Crippen LogP contribution is 2.03. The Morgan fingerprint density at radius 1 is 1.42 bits per heavy atom. The molecule has 0 N–H and O–H groups in total. The number of hydrogen-bond donors (Lipinski definition) is 0. The molecule has 12 heavy (non-hydrogen) atoms. The minimum Gasteiger partial charge on any atom is -0.161 e. The Kier molecular flexibility index (Phi) is 16.8. The Bertz CT molecular complexity index is 108. The van der Waals surface area contributed by atoms with Crippen LogP contribution in [0.2, 0.25) is 0 Å². The second-order valence-corrected chi connectivity index (χ2v) is 4.33. The van der Waals surface area contributed by atoms with Crippen molar-refractivity contribution < 1.29 is 0 Å². The van der Waals surface area contributed by atoms with Crippen LogP contribution >= 0.6 is 23.5 Å². The van der Waals surface area contributed by atoms with Gasteiger partial charge in [-0.2, -0.15) is 23.5 Å². The van der Waals surface area contributed by atoms with Crippen molar-refractivity contribution in [3.63, 3.8) is 0 Å². The van der Waals surface area contributed by atoms with Gasteiger partial charge in [-0.25, -0.2) is 0 Å². The Morgan fingerprint density at radius 3 is 2.08 bits per heavy atom. The number of thioether (sulfide) groups is 2. The topological polar surface area (TPSA) is 0 Å². The molecule has 0 fully saturated rings. The van der Waals surface area contributed by atoms with Gasteiger partial charge < -0.3 is 0 Å². The van der Waals surface area contributed by atoms with Crippen LogP contribution in [0.3, 0.4) is 0 Å². The molecule has 0 spiro atoms. The molecular formula is C10H20S2. The van der Waals surface area contributed by atoms with Gasteiger partial charge in [0.1, 0.15) is 0 Å². The molecule has 0 radical (unpaired) electrons. The zero-order chi connectivity index (χ0) is 9.82. The molecule has 0 heterocycles. The van der Waals surface area contributed by atoms with Gasteiger partial charge in [0.2, 0.25) is 0 Å². The molecule has 0 nitrogen and oxygen atoms in total. The van der Waals surface area contributed by atoms with Crippen LogP contribution in [0.15, 0.2) is 24.8 Å². The molecule has 0 aromatic rings. The summed E-state index contributed by atoms with van der Waals surface area (Å²) in [6.07, 6.45) is 10.3. The average Bonchev–Trinajstić information content (AvgIpc) is 2.14. The van der Waals surface area contributed by atoms with Crippen molar-refractivity contribution in [2.75, 3.05) is 18.3 Å². The van der Waals surface area contributed by atoms with E-state index in [0.717, 1.165) is 5.75 Å². The molecule has 0 aliphatic heterocycles. The second kappa shape index (κ2) is 13.7. The van der Waals surface area contributed by atoms with Gasteiger partial charge in [-0.05, 0) is 26.4 Å². The highest BCUT2D eigenvalue weighted by Gasteiger charge is 1.84. The summed E-state index contributed by atoms with van der Waals surface area (Å²) >= 11 is 3.65. The third-order valence-corrected chi connectivity index (χ3v) is 2.66. The Balaban J connectivity index is 0. The first-order chi connectivity index (χ1) is 5.72. The van der Waals surface area contributed by atoms with Crippen molar-refractivity contribution in [2.45, 2.75) is 19.1 Å². The van der Waals surface area contributed by atoms with Crippen LogP contribution in [0.5, 0.6) is 0 Å². The first-order valence-corrected chi connectivity index (χ1v) is 6.66. The number of hydrogen-bond acceptors (Lipinski definition) is 2. The Morgan fingerprint density at radius 2 is 2.00 bits per heavy atom. The van der Waals surface area contributed by atoms with Gasteiger partial charge >= 0.3 is 0 Å². The third-order valence-electron chi connectivity index (χ3n) is 1.20. The van der Waals surface area contributed by atoms with Crippen molar-refractivity contribution in [3.05, 3.63) is 24.8 Å². The van der Waals surface area contributed by atoms with Gasteiger partial charge in [-0.3, -0.25) is 0 Å². The first-order valence-electron chi connectivity index (χ1n) is 3.98. The lowest BCUT2D eigenvalue weighted by molar-refractivity contribution is 1.26. The number of allylic oxidation sites excluding steroid dienone is 1. The highest BCUT2D eigenvalue weighted by atomic mass is 32.2. The molecule has 0 aliphatic carbocycles. The molecule has 0 aromatic carbocycles. The average molecular weight is 204 g/mol. The lowest BCUT2D eigenvalue weighted by Gasteiger charge is -1.94. The predicted octanol–water partition coefficient (Wildman–Crippen LogP) is 3.85. The summed E-state index contributed by atoms with van der Waals surface area (Å²) in [6.45, 7) is 7.77. The van der Waals surface area contributed by atoms with E-state index < -0.39 is 0 Å². The molecule has 0 saturated heterocycles. The molecule has 1 unspecified atom stereocenters. The molecule has 0 saturated carbocycles.